The van der Waals surface area contributed by atoms with Crippen LogP contribution in [0.15, 0.2) is 54.6 Å². The van der Waals surface area contributed by atoms with Gasteiger partial charge >= 0.3 is 6.03 Å². The highest BCUT2D eigenvalue weighted by molar-refractivity contribution is 6.07. The average Bonchev–Trinajstić information content (AvgIpc) is 3.33. The Morgan fingerprint density at radius 3 is 2.50 bits per heavy atom. The number of benzene rings is 2. The van der Waals surface area contributed by atoms with Crippen LogP contribution in [0.4, 0.5) is 10.5 Å². The Morgan fingerprint density at radius 1 is 1.09 bits per heavy atom. The van der Waals surface area contributed by atoms with Gasteiger partial charge in [-0.05, 0) is 35.8 Å². The van der Waals surface area contributed by atoms with Gasteiger partial charge in [-0.3, -0.25) is 14.9 Å². The number of carbonyl (C=O) groups is 3. The number of hydrogen-bond donors (Lipinski definition) is 3. The minimum Gasteiger partial charge on any atom is -0.324 e. The van der Waals surface area contributed by atoms with Crippen LogP contribution in [0, 0.1) is 5.92 Å². The summed E-state index contributed by atoms with van der Waals surface area (Å²) in [5, 5.41) is 20.3. The van der Waals surface area contributed by atoms with Crippen molar-refractivity contribution < 1.29 is 14.4 Å². The van der Waals surface area contributed by atoms with Gasteiger partial charge in [0.2, 0.25) is 5.82 Å². The number of nitrogens with zero attached hydrogens (tertiary/aromatic N) is 4. The van der Waals surface area contributed by atoms with Gasteiger partial charge < -0.3 is 10.6 Å². The molecule has 0 radical (unpaired) electrons. The monoisotopic (exact) mass is 433 g/mol. The van der Waals surface area contributed by atoms with Gasteiger partial charge in [0.1, 0.15) is 5.54 Å². The lowest BCUT2D eigenvalue weighted by atomic mass is 9.92. The van der Waals surface area contributed by atoms with Crippen molar-refractivity contribution in [2.45, 2.75) is 32.4 Å². The van der Waals surface area contributed by atoms with Gasteiger partial charge in [0.15, 0.2) is 6.04 Å². The molecule has 3 aromatic rings. The van der Waals surface area contributed by atoms with Gasteiger partial charge in [0, 0.05) is 11.3 Å². The molecule has 10 heteroatoms. The van der Waals surface area contributed by atoms with E-state index in [1.54, 1.807) is 31.2 Å². The second kappa shape index (κ2) is 8.22. The Bertz CT molecular complexity index is 1180. The molecule has 2 heterocycles. The molecule has 1 aliphatic heterocycles. The van der Waals surface area contributed by atoms with E-state index in [1.807, 2.05) is 44.2 Å². The number of amides is 4. The third kappa shape index (κ3) is 3.94. The van der Waals surface area contributed by atoms with E-state index < -0.39 is 23.5 Å². The molecule has 2 unspecified atom stereocenters. The highest BCUT2D eigenvalue weighted by atomic mass is 16.2. The third-order valence-corrected chi connectivity index (χ3v) is 5.36. The zero-order valence-corrected chi connectivity index (χ0v) is 17.9. The predicted octanol–water partition coefficient (Wildman–Crippen LogP) is 2.23. The molecule has 0 spiro atoms. The molecule has 10 nitrogen and oxygen atoms in total. The number of aromatic nitrogens is 4. The predicted molar refractivity (Wildman–Crippen MR) is 116 cm³/mol. The number of anilines is 1. The van der Waals surface area contributed by atoms with Crippen molar-refractivity contribution in [3.63, 3.8) is 0 Å². The van der Waals surface area contributed by atoms with Crippen LogP contribution in [-0.4, -0.2) is 38.1 Å². The standard InChI is InChI=1S/C22H23N7O3/c1-13(2)17(29-27-18(26-28-29)14-8-5-4-6-9-14)19(30)23-16-11-7-10-15(12-16)22(3)20(31)24-21(32)25-22/h4-13,17H,1-3H3,(H,23,30)(H2,24,25,31,32). The molecule has 3 N–H and O–H groups in total. The largest absolute Gasteiger partial charge is 0.324 e. The number of hydrogen-bond acceptors (Lipinski definition) is 6. The molecule has 0 aliphatic carbocycles. The molecule has 1 aromatic heterocycles. The minimum atomic E-state index is -1.21. The van der Waals surface area contributed by atoms with E-state index in [0.717, 1.165) is 5.56 Å². The SMILES string of the molecule is CC(C)C(C(=O)Nc1cccc(C2(C)NC(=O)NC2=O)c1)n1nnc(-c2ccccc2)n1. The molecule has 4 rings (SSSR count). The van der Waals surface area contributed by atoms with Crippen molar-refractivity contribution in [2.75, 3.05) is 5.32 Å². The Kier molecular flexibility index (Phi) is 5.43. The number of carbonyl (C=O) groups excluding carboxylic acids is 3. The van der Waals surface area contributed by atoms with E-state index in [-0.39, 0.29) is 11.8 Å². The van der Waals surface area contributed by atoms with Crippen LogP contribution < -0.4 is 16.0 Å². The molecule has 2 aromatic carbocycles. The summed E-state index contributed by atoms with van der Waals surface area (Å²) in [6, 6.07) is 14.9. The fourth-order valence-electron chi connectivity index (χ4n) is 3.59. The smallest absolute Gasteiger partial charge is 0.322 e. The number of rotatable bonds is 6. The van der Waals surface area contributed by atoms with Gasteiger partial charge in [0.25, 0.3) is 11.8 Å². The van der Waals surface area contributed by atoms with Crippen molar-refractivity contribution in [3.8, 4) is 11.4 Å². The summed E-state index contributed by atoms with van der Waals surface area (Å²) in [5.74, 6) is -0.458. The summed E-state index contributed by atoms with van der Waals surface area (Å²) < 4.78 is 0. The Balaban J connectivity index is 1.57. The molecular formula is C22H23N7O3. The summed E-state index contributed by atoms with van der Waals surface area (Å²) in [6.45, 7) is 5.40. The van der Waals surface area contributed by atoms with Crippen molar-refractivity contribution >= 4 is 23.5 Å². The van der Waals surface area contributed by atoms with Crippen molar-refractivity contribution in [2.24, 2.45) is 5.92 Å². The maximum Gasteiger partial charge on any atom is 0.322 e. The van der Waals surface area contributed by atoms with Gasteiger partial charge in [-0.15, -0.1) is 10.2 Å². The zero-order valence-electron chi connectivity index (χ0n) is 17.9. The molecule has 1 saturated heterocycles. The normalized spacial score (nSPS) is 18.9. The summed E-state index contributed by atoms with van der Waals surface area (Å²) in [7, 11) is 0. The number of urea groups is 1. The maximum atomic E-state index is 13.1. The Hall–Kier alpha value is -4.08. The number of imide groups is 1. The van der Waals surface area contributed by atoms with Crippen LogP contribution in [0.1, 0.15) is 32.4 Å². The lowest BCUT2D eigenvalue weighted by Gasteiger charge is -2.23. The first-order valence-electron chi connectivity index (χ1n) is 10.2. The van der Waals surface area contributed by atoms with E-state index >= 15 is 0 Å². The third-order valence-electron chi connectivity index (χ3n) is 5.36. The van der Waals surface area contributed by atoms with Crippen molar-refractivity contribution in [1.29, 1.82) is 0 Å². The van der Waals surface area contributed by atoms with E-state index in [0.29, 0.717) is 17.1 Å². The second-order valence-corrected chi connectivity index (χ2v) is 8.09. The number of nitrogens with one attached hydrogen (secondary N) is 3. The van der Waals surface area contributed by atoms with Crippen LogP contribution in [0.5, 0.6) is 0 Å². The van der Waals surface area contributed by atoms with E-state index in [1.165, 1.54) is 4.80 Å². The van der Waals surface area contributed by atoms with Crippen LogP contribution in [0.2, 0.25) is 0 Å². The second-order valence-electron chi connectivity index (χ2n) is 8.09. The van der Waals surface area contributed by atoms with Gasteiger partial charge in [-0.25, -0.2) is 4.79 Å². The van der Waals surface area contributed by atoms with Crippen LogP contribution >= 0.6 is 0 Å². The Morgan fingerprint density at radius 2 is 1.84 bits per heavy atom. The summed E-state index contributed by atoms with van der Waals surface area (Å²) in [5.41, 5.74) is 0.619. The highest BCUT2D eigenvalue weighted by Crippen LogP contribution is 2.27. The van der Waals surface area contributed by atoms with Crippen LogP contribution in [0.3, 0.4) is 0 Å². The lowest BCUT2D eigenvalue weighted by Crippen LogP contribution is -2.40. The van der Waals surface area contributed by atoms with Crippen LogP contribution in [-0.2, 0) is 15.1 Å². The average molecular weight is 433 g/mol. The van der Waals surface area contributed by atoms with Crippen molar-refractivity contribution in [3.05, 3.63) is 60.2 Å². The fourth-order valence-corrected chi connectivity index (χ4v) is 3.59. The minimum absolute atomic E-state index is 0.117. The van der Waals surface area contributed by atoms with Crippen molar-refractivity contribution in [1.82, 2.24) is 30.8 Å². The molecular weight excluding hydrogens is 410 g/mol. The molecule has 164 valence electrons. The first-order chi connectivity index (χ1) is 15.3. The fraction of sp³-hybridized carbons (Fsp3) is 0.273. The van der Waals surface area contributed by atoms with E-state index in [9.17, 15) is 14.4 Å². The maximum absolute atomic E-state index is 13.1. The zero-order chi connectivity index (χ0) is 22.9. The van der Waals surface area contributed by atoms with Gasteiger partial charge in [0.05, 0.1) is 0 Å². The quantitative estimate of drug-likeness (QED) is 0.511. The summed E-state index contributed by atoms with van der Waals surface area (Å²) >= 11 is 0. The lowest BCUT2D eigenvalue weighted by molar-refractivity contribution is -0.123. The molecule has 2 atom stereocenters. The van der Waals surface area contributed by atoms with Gasteiger partial charge in [-0.1, -0.05) is 56.3 Å². The summed E-state index contributed by atoms with van der Waals surface area (Å²) in [6.07, 6.45) is 0. The highest BCUT2D eigenvalue weighted by Gasteiger charge is 2.43. The molecule has 32 heavy (non-hydrogen) atoms. The van der Waals surface area contributed by atoms with Crippen LogP contribution in [0.25, 0.3) is 11.4 Å². The molecule has 1 aliphatic rings. The summed E-state index contributed by atoms with van der Waals surface area (Å²) in [4.78, 5) is 38.3. The topological polar surface area (TPSA) is 131 Å². The van der Waals surface area contributed by atoms with Gasteiger partial charge in [-0.2, -0.15) is 4.80 Å². The first-order valence-corrected chi connectivity index (χ1v) is 10.2. The van der Waals surface area contributed by atoms with E-state index in [4.69, 9.17) is 0 Å². The number of tetrazole rings is 1. The molecule has 0 saturated carbocycles. The Labute approximate surface area is 184 Å². The first kappa shape index (κ1) is 21.2. The molecule has 0 bridgehead atoms. The molecule has 1 fully saturated rings. The van der Waals surface area contributed by atoms with E-state index in [2.05, 4.69) is 31.4 Å². The molecule has 4 amide bonds.